The molecule has 0 aliphatic carbocycles. The van der Waals surface area contributed by atoms with Gasteiger partial charge in [-0.2, -0.15) is 10.2 Å². The monoisotopic (exact) mass is 462 g/mol. The fourth-order valence-electron chi connectivity index (χ4n) is 2.99. The number of hydrogen-bond donors (Lipinski definition) is 3. The van der Waals surface area contributed by atoms with Crippen molar-refractivity contribution < 1.29 is 14.1 Å². The molecule has 10 heteroatoms. The number of methoxy groups -OCH3 is 1. The minimum absolute atomic E-state index is 0.190. The number of ether oxygens (including phenoxy) is 1. The van der Waals surface area contributed by atoms with Gasteiger partial charge in [0.05, 0.1) is 24.7 Å². The van der Waals surface area contributed by atoms with Crippen LogP contribution < -0.4 is 26.0 Å². The third-order valence-corrected chi connectivity index (χ3v) is 6.10. The Morgan fingerprint density at radius 3 is 2.61 bits per heavy atom. The summed E-state index contributed by atoms with van der Waals surface area (Å²) in [5.74, 6) is 0.592. The van der Waals surface area contributed by atoms with E-state index in [9.17, 15) is 14.6 Å². The van der Waals surface area contributed by atoms with Crippen LogP contribution in [0.25, 0.3) is 0 Å². The van der Waals surface area contributed by atoms with Crippen LogP contribution >= 0.6 is 7.14 Å². The number of benzene rings is 2. The van der Waals surface area contributed by atoms with Crippen LogP contribution in [-0.2, 0) is 9.36 Å². The van der Waals surface area contributed by atoms with Crippen molar-refractivity contribution in [1.29, 1.82) is 5.26 Å². The van der Waals surface area contributed by atoms with E-state index in [0.717, 1.165) is 0 Å². The summed E-state index contributed by atoms with van der Waals surface area (Å²) in [7, 11) is -1.06. The molecule has 2 aromatic carbocycles. The van der Waals surface area contributed by atoms with E-state index in [1.165, 1.54) is 19.4 Å². The van der Waals surface area contributed by atoms with Crippen molar-refractivity contribution in [1.82, 2.24) is 9.97 Å². The zero-order valence-electron chi connectivity index (χ0n) is 18.4. The van der Waals surface area contributed by atoms with Crippen LogP contribution in [0.2, 0.25) is 0 Å². The number of rotatable bonds is 8. The number of para-hydroxylation sites is 1. The minimum Gasteiger partial charge on any atom is -0.495 e. The van der Waals surface area contributed by atoms with Crippen molar-refractivity contribution in [3.8, 4) is 11.8 Å². The summed E-state index contributed by atoms with van der Waals surface area (Å²) in [6.45, 7) is 6.79. The summed E-state index contributed by atoms with van der Waals surface area (Å²) < 4.78 is 18.1. The van der Waals surface area contributed by atoms with Crippen molar-refractivity contribution in [2.24, 2.45) is 0 Å². The number of nitrogens with one attached hydrogen (secondary N) is 3. The highest BCUT2D eigenvalue weighted by Crippen LogP contribution is 2.38. The molecule has 3 aromatic rings. The van der Waals surface area contributed by atoms with Gasteiger partial charge in [-0.05, 0) is 49.7 Å². The van der Waals surface area contributed by atoms with Crippen LogP contribution in [0.4, 0.5) is 28.8 Å². The highest BCUT2D eigenvalue weighted by Gasteiger charge is 2.18. The number of carbonyl (C=O) groups is 1. The minimum atomic E-state index is -2.58. The Hall–Kier alpha value is -4.15. The molecule has 0 unspecified atom stereocenters. The molecule has 1 heterocycles. The predicted octanol–water partition coefficient (Wildman–Crippen LogP) is 4.22. The number of nitrogens with zero attached hydrogens (tertiary/aromatic N) is 3. The van der Waals surface area contributed by atoms with Gasteiger partial charge in [0, 0.05) is 11.0 Å². The van der Waals surface area contributed by atoms with Gasteiger partial charge in [0.1, 0.15) is 24.5 Å². The smallest absolute Gasteiger partial charge is 0.247 e. The number of carbonyl (C=O) groups excluding carboxylic acids is 1. The second kappa shape index (κ2) is 9.98. The number of nitriles is 1. The van der Waals surface area contributed by atoms with E-state index in [0.29, 0.717) is 28.1 Å². The topological polar surface area (TPSA) is 129 Å². The van der Waals surface area contributed by atoms with Gasteiger partial charge in [-0.1, -0.05) is 18.7 Å². The summed E-state index contributed by atoms with van der Waals surface area (Å²) in [5.41, 5.74) is 1.84. The standard InChI is InChI=1S/C23H23N6O3P/c1-5-21(30)26-16-10-11-19(32-2)18(12-16)28-23-25-14-15(13-24)22(29-23)27-17-8-6-7-9-20(17)33(3,4)31/h5-12,14H,1H2,2-4H3,(H,26,30)(H2,25,27,28,29). The maximum Gasteiger partial charge on any atom is 0.247 e. The van der Waals surface area contributed by atoms with Crippen LogP contribution in [-0.4, -0.2) is 36.3 Å². The number of amides is 1. The quantitative estimate of drug-likeness (QED) is 0.335. The predicted molar refractivity (Wildman–Crippen MR) is 131 cm³/mol. The van der Waals surface area contributed by atoms with E-state index < -0.39 is 7.14 Å². The van der Waals surface area contributed by atoms with Gasteiger partial charge in [-0.3, -0.25) is 4.79 Å². The zero-order valence-corrected chi connectivity index (χ0v) is 19.3. The van der Waals surface area contributed by atoms with Crippen molar-refractivity contribution in [3.63, 3.8) is 0 Å². The maximum atomic E-state index is 12.7. The van der Waals surface area contributed by atoms with E-state index in [2.05, 4.69) is 38.6 Å². The van der Waals surface area contributed by atoms with Gasteiger partial charge < -0.3 is 25.3 Å². The number of hydrogen-bond acceptors (Lipinski definition) is 8. The van der Waals surface area contributed by atoms with Crippen molar-refractivity contribution in [3.05, 3.63) is 66.9 Å². The van der Waals surface area contributed by atoms with Crippen LogP contribution in [0, 0.1) is 11.3 Å². The molecule has 0 radical (unpaired) electrons. The molecule has 3 rings (SSSR count). The normalized spacial score (nSPS) is 10.6. The van der Waals surface area contributed by atoms with Crippen molar-refractivity contribution in [2.75, 3.05) is 36.4 Å². The highest BCUT2D eigenvalue weighted by atomic mass is 31.2. The molecule has 3 N–H and O–H groups in total. The van der Waals surface area contributed by atoms with E-state index in [1.807, 2.05) is 12.1 Å². The molecular formula is C23H23N6O3P. The van der Waals surface area contributed by atoms with Gasteiger partial charge >= 0.3 is 0 Å². The lowest BCUT2D eigenvalue weighted by Gasteiger charge is -2.16. The lowest BCUT2D eigenvalue weighted by Crippen LogP contribution is -2.11. The van der Waals surface area contributed by atoms with Crippen LogP contribution in [0.5, 0.6) is 5.75 Å². The van der Waals surface area contributed by atoms with E-state index >= 15 is 0 Å². The van der Waals surface area contributed by atoms with E-state index in [1.54, 1.807) is 43.7 Å². The van der Waals surface area contributed by atoms with Crippen molar-refractivity contribution in [2.45, 2.75) is 0 Å². The molecule has 0 aliphatic heterocycles. The molecule has 0 saturated heterocycles. The largest absolute Gasteiger partial charge is 0.495 e. The zero-order chi connectivity index (χ0) is 24.0. The molecule has 1 amide bonds. The molecule has 0 atom stereocenters. The van der Waals surface area contributed by atoms with Crippen molar-refractivity contribution >= 4 is 47.2 Å². The Balaban J connectivity index is 1.97. The number of aromatic nitrogens is 2. The summed E-state index contributed by atoms with van der Waals surface area (Å²) in [4.78, 5) is 20.3. The Kier molecular flexibility index (Phi) is 7.11. The van der Waals surface area contributed by atoms with Gasteiger partial charge in [-0.25, -0.2) is 4.98 Å². The first-order chi connectivity index (χ1) is 15.7. The third-order valence-electron chi connectivity index (χ3n) is 4.55. The summed E-state index contributed by atoms with van der Waals surface area (Å²) in [6, 6.07) is 14.3. The average Bonchev–Trinajstić information content (AvgIpc) is 2.79. The first kappa shape index (κ1) is 23.5. The van der Waals surface area contributed by atoms with E-state index in [4.69, 9.17) is 4.74 Å². The molecular weight excluding hydrogens is 439 g/mol. The molecule has 0 bridgehead atoms. The van der Waals surface area contributed by atoms with Crippen LogP contribution in [0.15, 0.2) is 61.3 Å². The van der Waals surface area contributed by atoms with Gasteiger partial charge in [-0.15, -0.1) is 0 Å². The molecule has 0 fully saturated rings. The van der Waals surface area contributed by atoms with Gasteiger partial charge in [0.2, 0.25) is 11.9 Å². The molecule has 0 spiro atoms. The SMILES string of the molecule is C=CC(=O)Nc1ccc(OC)c(Nc2ncc(C#N)c(Nc3ccccc3P(C)(C)=O)n2)c1. The van der Waals surface area contributed by atoms with Gasteiger partial charge in [0.15, 0.2) is 5.82 Å². The Labute approximate surface area is 191 Å². The Morgan fingerprint density at radius 2 is 1.94 bits per heavy atom. The third kappa shape index (κ3) is 5.76. The molecule has 0 aliphatic rings. The second-order valence-corrected chi connectivity index (χ2v) is 10.5. The van der Waals surface area contributed by atoms with Gasteiger partial charge in [0.25, 0.3) is 0 Å². The first-order valence-corrected chi connectivity index (χ1v) is 12.4. The maximum absolute atomic E-state index is 12.7. The molecule has 9 nitrogen and oxygen atoms in total. The fourth-order valence-corrected chi connectivity index (χ4v) is 4.15. The number of anilines is 5. The molecule has 33 heavy (non-hydrogen) atoms. The summed E-state index contributed by atoms with van der Waals surface area (Å²) in [6.07, 6.45) is 2.55. The highest BCUT2D eigenvalue weighted by molar-refractivity contribution is 7.70. The van der Waals surface area contributed by atoms with Crippen LogP contribution in [0.3, 0.4) is 0 Å². The summed E-state index contributed by atoms with van der Waals surface area (Å²) >= 11 is 0. The average molecular weight is 462 g/mol. The second-order valence-electron chi connectivity index (χ2n) is 7.29. The Morgan fingerprint density at radius 1 is 1.18 bits per heavy atom. The first-order valence-electron chi connectivity index (χ1n) is 9.82. The van der Waals surface area contributed by atoms with E-state index in [-0.39, 0.29) is 23.2 Å². The molecule has 1 aromatic heterocycles. The lowest BCUT2D eigenvalue weighted by molar-refractivity contribution is -0.111. The van der Waals surface area contributed by atoms with Crippen LogP contribution in [0.1, 0.15) is 5.56 Å². The lowest BCUT2D eigenvalue weighted by atomic mass is 10.2. The molecule has 168 valence electrons. The Bertz CT molecular complexity index is 1300. The molecule has 0 saturated carbocycles. The fraction of sp³-hybridized carbons (Fsp3) is 0.130. The summed E-state index contributed by atoms with van der Waals surface area (Å²) in [5, 5.41) is 19.0.